The Morgan fingerprint density at radius 2 is 0.979 bits per heavy atom. The first-order valence-electron chi connectivity index (χ1n) is 35.1. The van der Waals surface area contributed by atoms with E-state index in [1.54, 1.807) is 34.6 Å². The number of amides is 8. The molecule has 1 saturated heterocycles. The van der Waals surface area contributed by atoms with Crippen molar-refractivity contribution in [2.75, 3.05) is 49.3 Å². The van der Waals surface area contributed by atoms with Crippen molar-refractivity contribution in [3.05, 3.63) is 17.7 Å². The van der Waals surface area contributed by atoms with E-state index >= 15 is 19.2 Å². The third-order valence-corrected chi connectivity index (χ3v) is 19.9. The van der Waals surface area contributed by atoms with Gasteiger partial charge in [-0.3, -0.25) is 52.7 Å². The summed E-state index contributed by atoms with van der Waals surface area (Å²) in [6, 6.07) is -9.33. The van der Waals surface area contributed by atoms with Gasteiger partial charge in [0.15, 0.2) is 17.3 Å². The minimum atomic E-state index is -1.51. The van der Waals surface area contributed by atoms with Crippen molar-refractivity contribution < 1.29 is 57.8 Å². The number of aliphatic hydroxyl groups is 1. The molecule has 1 aromatic heterocycles. The maximum Gasteiger partial charge on any atom is 0.246 e. The van der Waals surface area contributed by atoms with Gasteiger partial charge < -0.3 is 49.3 Å². The largest absolute Gasteiger partial charge is 0.390 e. The number of aromatic nitrogens is 2. The van der Waals surface area contributed by atoms with E-state index in [9.17, 15) is 38.7 Å². The lowest BCUT2D eigenvalue weighted by molar-refractivity contribution is -0.157. The number of likely N-dealkylation sites (N-methyl/N-ethyl adjacent to an activating group) is 7. The van der Waals surface area contributed by atoms with Crippen LogP contribution in [0.2, 0.25) is 0 Å². The Morgan fingerprint density at radius 3 is 1.47 bits per heavy atom. The summed E-state index contributed by atoms with van der Waals surface area (Å²) in [4.78, 5) is 177. The van der Waals surface area contributed by atoms with Crippen LogP contribution in [0, 0.1) is 59.2 Å². The molecule has 0 bridgehead atoms. The molecular weight excluding hydrogens is 1200 g/mol. The summed E-state index contributed by atoms with van der Waals surface area (Å²) in [5.41, 5.74) is 0.935. The fourth-order valence-electron chi connectivity index (χ4n) is 13.6. The van der Waals surface area contributed by atoms with Crippen LogP contribution in [0.15, 0.2) is 6.20 Å². The highest BCUT2D eigenvalue weighted by Gasteiger charge is 2.46. The quantitative estimate of drug-likeness (QED) is 0.153. The number of nitrogens with one attached hydrogen (secondary N) is 1. The number of rotatable bonds is 17. The van der Waals surface area contributed by atoms with Crippen molar-refractivity contribution in [2.24, 2.45) is 59.2 Å². The summed E-state index contributed by atoms with van der Waals surface area (Å²) in [6.45, 7) is 31.5. The molecule has 0 radical (unpaired) electrons. The van der Waals surface area contributed by atoms with Gasteiger partial charge in [0.2, 0.25) is 47.3 Å². The van der Waals surface area contributed by atoms with Crippen LogP contribution in [0.3, 0.4) is 0 Å². The molecule has 0 spiro atoms. The molecule has 0 unspecified atom stereocenters. The number of hydrogen-bond donors (Lipinski definition) is 2. The highest BCUT2D eigenvalue weighted by molar-refractivity contribution is 6.00. The Bertz CT molecular complexity index is 2740. The van der Waals surface area contributed by atoms with Gasteiger partial charge in [0.1, 0.15) is 42.1 Å². The lowest BCUT2D eigenvalue weighted by atomic mass is 9.84. The van der Waals surface area contributed by atoms with Gasteiger partial charge in [-0.15, -0.1) is 0 Å². The highest BCUT2D eigenvalue weighted by atomic mass is 16.3. The molecule has 8 amide bonds. The maximum atomic E-state index is 15.5. The van der Waals surface area contributed by atoms with Crippen LogP contribution in [0.1, 0.15) is 206 Å². The summed E-state index contributed by atoms with van der Waals surface area (Å²) >= 11 is 0. The number of nitrogens with zero attached hydrogens (tertiary/aromatic N) is 9. The van der Waals surface area contributed by atoms with E-state index in [0.29, 0.717) is 19.3 Å². The van der Waals surface area contributed by atoms with Crippen LogP contribution < -0.4 is 5.32 Å². The molecule has 94 heavy (non-hydrogen) atoms. The minimum absolute atomic E-state index is 0.0711. The monoisotopic (exact) mass is 1320 g/mol. The third kappa shape index (κ3) is 21.7. The van der Waals surface area contributed by atoms with Crippen LogP contribution in [0.5, 0.6) is 0 Å². The first-order valence-corrected chi connectivity index (χ1v) is 35.1. The van der Waals surface area contributed by atoms with Gasteiger partial charge in [-0.25, -0.2) is 4.98 Å². The van der Waals surface area contributed by atoms with E-state index in [4.69, 9.17) is 4.98 Å². The molecule has 2 aliphatic rings. The lowest BCUT2D eigenvalue weighted by Gasteiger charge is -2.41. The summed E-state index contributed by atoms with van der Waals surface area (Å²) in [5.74, 6) is -9.78. The molecule has 1 fully saturated rings. The standard InChI is InChI=1S/C72H124N10O12/c1-25-51-38-60(85)63(64(86)47(14)29-28-30-52-40-82-32-27-26-31-61(82)74-52)81(24)72(94)62(46(12)13)80(23)71(93)57(36-44(8)9)79(22)70(92)56(35-43(6)7)78(21)66(88)49(16)73-65(87)48(15)37-58(83)54(33-41(2)3)77(20)69(91)53(45(10)11)39-59(84)55(34-42(4)5)76(19)67(89)50(17)75(18)68(51)90/h40-51,53-57,62-64,86H,25-39H2,1-24H3,(H,73,87)/t47-,48+,49+,50-,51+,53-,54-,55+,56-,57-,62-,63+,64-/m1/s1. The van der Waals surface area contributed by atoms with Crippen molar-refractivity contribution >= 4 is 64.6 Å². The van der Waals surface area contributed by atoms with Crippen molar-refractivity contribution in [3.63, 3.8) is 0 Å². The number of fused-ring (bicyclic) bond motifs is 1. The average molecular weight is 1320 g/mol. The number of imidazole rings is 1. The number of aliphatic hydroxyl groups excluding tert-OH is 1. The Morgan fingerprint density at radius 1 is 0.511 bits per heavy atom. The highest BCUT2D eigenvalue weighted by Crippen LogP contribution is 2.30. The number of carbonyl (C=O) groups is 11. The molecule has 2 aliphatic heterocycles. The van der Waals surface area contributed by atoms with Crippen molar-refractivity contribution in [1.29, 1.82) is 0 Å². The SMILES string of the molecule is CC[C@H]1CC(=O)[C@@H]([C@H](O)[C@H](C)CCCc2cn3c(n2)CCCC3)N(C)C(=O)[C@@H](C(C)C)N(C)C(=O)[C@@H](CC(C)C)N(C)C(=O)[C@@H](CC(C)C)N(C)C(=O)[C@H](C)NC(=O)[C@@H](C)CC(=O)[C@@H](CC(C)C)N(C)C(=O)[C@@H](C(C)C)CC(=O)[C@H](CC(C)C)N(C)C(=O)[C@@H](C)N(C)C1=O. The number of aryl methyl sites for hydroxylation is 3. The van der Waals surface area contributed by atoms with Crippen LogP contribution in [-0.2, 0) is 72.1 Å². The summed E-state index contributed by atoms with van der Waals surface area (Å²) in [7, 11) is 10.4. The van der Waals surface area contributed by atoms with E-state index in [2.05, 4.69) is 16.1 Å². The number of hydrogen-bond acceptors (Lipinski definition) is 13. The van der Waals surface area contributed by atoms with Gasteiger partial charge in [0.25, 0.3) is 0 Å². The van der Waals surface area contributed by atoms with E-state index in [0.717, 1.165) is 37.3 Å². The molecule has 0 aromatic carbocycles. The summed E-state index contributed by atoms with van der Waals surface area (Å²) in [5, 5.41) is 15.4. The molecule has 22 nitrogen and oxygen atoms in total. The van der Waals surface area contributed by atoms with Crippen molar-refractivity contribution in [2.45, 2.75) is 269 Å². The lowest BCUT2D eigenvalue weighted by Crippen LogP contribution is -2.61. The summed E-state index contributed by atoms with van der Waals surface area (Å²) in [6.07, 6.45) is 5.34. The van der Waals surface area contributed by atoms with Gasteiger partial charge >= 0.3 is 0 Å². The fourth-order valence-corrected chi connectivity index (χ4v) is 13.6. The fraction of sp³-hybridized carbons (Fsp3) is 0.806. The first kappa shape index (κ1) is 82.2. The van der Waals surface area contributed by atoms with Crippen LogP contribution in [0.25, 0.3) is 0 Å². The normalized spacial score (nSPS) is 27.2. The van der Waals surface area contributed by atoms with Crippen molar-refractivity contribution in [1.82, 2.24) is 49.2 Å². The zero-order chi connectivity index (χ0) is 71.8. The van der Waals surface area contributed by atoms with Gasteiger partial charge in [0, 0.05) is 106 Å². The Hall–Kier alpha value is -6.06. The minimum Gasteiger partial charge on any atom is -0.390 e. The second kappa shape index (κ2) is 36.9. The predicted molar refractivity (Wildman–Crippen MR) is 365 cm³/mol. The van der Waals surface area contributed by atoms with E-state index in [1.165, 1.54) is 90.6 Å². The van der Waals surface area contributed by atoms with Crippen LogP contribution in [0.4, 0.5) is 0 Å². The van der Waals surface area contributed by atoms with Gasteiger partial charge in [0.05, 0.1) is 23.9 Å². The zero-order valence-electron chi connectivity index (χ0n) is 62.1. The number of carbonyl (C=O) groups excluding carboxylic acids is 11. The average Bonchev–Trinajstić information content (AvgIpc) is 1.02. The zero-order valence-corrected chi connectivity index (χ0v) is 62.1. The van der Waals surface area contributed by atoms with E-state index in [1.807, 2.05) is 76.2 Å². The predicted octanol–water partition coefficient (Wildman–Crippen LogP) is 7.52. The molecule has 13 atom stereocenters. The Kier molecular flexibility index (Phi) is 32.2. The number of Topliss-reactive ketones (excluding diaryl/α,β-unsaturated/α-hetero) is 3. The number of ketones is 3. The molecule has 22 heteroatoms. The first-order chi connectivity index (χ1) is 43.6. The maximum absolute atomic E-state index is 15.5. The third-order valence-electron chi connectivity index (χ3n) is 19.9. The molecule has 0 saturated carbocycles. The van der Waals surface area contributed by atoms with Gasteiger partial charge in [-0.05, 0) is 119 Å². The molecule has 0 aliphatic carbocycles. The molecular formula is C72H124N10O12. The second-order valence-electron chi connectivity index (χ2n) is 30.3. The smallest absolute Gasteiger partial charge is 0.246 e. The van der Waals surface area contributed by atoms with Crippen LogP contribution >= 0.6 is 0 Å². The second-order valence-corrected chi connectivity index (χ2v) is 30.3. The summed E-state index contributed by atoms with van der Waals surface area (Å²) < 4.78 is 2.18. The van der Waals surface area contributed by atoms with E-state index in [-0.39, 0.29) is 80.2 Å². The molecule has 1 aromatic rings. The Labute approximate surface area is 564 Å². The van der Waals surface area contributed by atoms with Gasteiger partial charge in [-0.2, -0.15) is 0 Å². The van der Waals surface area contributed by atoms with Crippen LogP contribution in [-0.4, -0.2) is 217 Å². The Balaban J connectivity index is 2.30. The molecule has 534 valence electrons. The van der Waals surface area contributed by atoms with E-state index < -0.39 is 149 Å². The molecule has 2 N–H and O–H groups in total. The van der Waals surface area contributed by atoms with Gasteiger partial charge in [-0.1, -0.05) is 104 Å². The van der Waals surface area contributed by atoms with Crippen molar-refractivity contribution in [3.8, 4) is 0 Å². The molecule has 3 rings (SSSR count). The molecule has 3 heterocycles. The topological polar surface area (TPSA) is 261 Å².